The van der Waals surface area contributed by atoms with Gasteiger partial charge in [0.15, 0.2) is 11.6 Å². The van der Waals surface area contributed by atoms with Crippen molar-refractivity contribution in [1.29, 1.82) is 0 Å². The highest BCUT2D eigenvalue weighted by atomic mass is 16.5. The van der Waals surface area contributed by atoms with Crippen LogP contribution in [0.2, 0.25) is 0 Å². The lowest BCUT2D eigenvalue weighted by molar-refractivity contribution is -0.142. The lowest BCUT2D eigenvalue weighted by Crippen LogP contribution is -2.52. The molecule has 0 spiro atoms. The minimum Gasteiger partial charge on any atom is -0.507 e. The molecule has 1 aliphatic heterocycles. The molecule has 11 nitrogen and oxygen atoms in total. The third kappa shape index (κ3) is 3.96. The van der Waals surface area contributed by atoms with Crippen molar-refractivity contribution in [3.63, 3.8) is 0 Å². The maximum Gasteiger partial charge on any atom is 0.202 e. The highest BCUT2D eigenvalue weighted by molar-refractivity contribution is 6.31. The molecule has 212 valence electrons. The Hall–Kier alpha value is -3.61. The van der Waals surface area contributed by atoms with Crippen molar-refractivity contribution in [3.05, 3.63) is 63.7 Å². The van der Waals surface area contributed by atoms with Crippen LogP contribution in [0.3, 0.4) is 0 Å². The lowest BCUT2D eigenvalue weighted by Gasteiger charge is -2.43. The number of hydrogen-bond donors (Lipinski definition) is 6. The zero-order valence-electron chi connectivity index (χ0n) is 22.0. The Morgan fingerprint density at radius 3 is 2.48 bits per heavy atom. The summed E-state index contributed by atoms with van der Waals surface area (Å²) in [4.78, 5) is 40.0. The van der Waals surface area contributed by atoms with Crippen LogP contribution in [0.5, 0.6) is 17.2 Å². The molecule has 0 bridgehead atoms. The molecule has 6 atom stereocenters. The number of phenolic OH excluding ortho intramolecular Hbond substituents is 2. The number of carbonyl (C=O) groups is 3. The quantitative estimate of drug-likeness (QED) is 0.191. The van der Waals surface area contributed by atoms with Crippen LogP contribution in [0.15, 0.2) is 30.4 Å². The molecule has 2 aromatic rings. The summed E-state index contributed by atoms with van der Waals surface area (Å²) in [6.07, 6.45) is -3.18. The molecule has 5 rings (SSSR count). The first kappa shape index (κ1) is 27.9. The van der Waals surface area contributed by atoms with Crippen molar-refractivity contribution in [2.45, 2.75) is 62.1 Å². The van der Waals surface area contributed by atoms with Gasteiger partial charge in [-0.25, -0.2) is 0 Å². The van der Waals surface area contributed by atoms with E-state index in [1.54, 1.807) is 6.92 Å². The maximum absolute atomic E-state index is 13.7. The molecular formula is C29H31NO10. The van der Waals surface area contributed by atoms with Gasteiger partial charge in [-0.3, -0.25) is 14.4 Å². The topological polar surface area (TPSA) is 197 Å². The van der Waals surface area contributed by atoms with E-state index in [-0.39, 0.29) is 46.4 Å². The summed E-state index contributed by atoms with van der Waals surface area (Å²) in [6, 6.07) is 3.72. The maximum atomic E-state index is 13.7. The second-order valence-electron chi connectivity index (χ2n) is 10.7. The number of nitrogens with two attached hydrogens (primary N) is 1. The minimum absolute atomic E-state index is 0.00658. The highest BCUT2D eigenvalue weighted by Gasteiger charge is 2.50. The van der Waals surface area contributed by atoms with E-state index in [4.69, 9.17) is 15.2 Å². The molecule has 0 aromatic heterocycles. The first-order valence-corrected chi connectivity index (χ1v) is 12.9. The van der Waals surface area contributed by atoms with E-state index in [2.05, 4.69) is 6.58 Å². The van der Waals surface area contributed by atoms with Crippen molar-refractivity contribution >= 4 is 17.3 Å². The fraction of sp³-hybridized carbons (Fsp3) is 0.414. The number of benzene rings is 2. The number of carbonyl (C=O) groups excluding carboxylic acids is 3. The number of rotatable bonds is 5. The Labute approximate surface area is 229 Å². The summed E-state index contributed by atoms with van der Waals surface area (Å²) in [5, 5.41) is 54.3. The Bertz CT molecular complexity index is 1450. The normalized spacial score (nSPS) is 29.3. The number of aromatic hydroxyl groups is 2. The van der Waals surface area contributed by atoms with Crippen LogP contribution in [0, 0.1) is 0 Å². The van der Waals surface area contributed by atoms with E-state index >= 15 is 0 Å². The summed E-state index contributed by atoms with van der Waals surface area (Å²) in [7, 11) is 1.33. The first-order chi connectivity index (χ1) is 18.9. The van der Waals surface area contributed by atoms with Crippen LogP contribution < -0.4 is 10.5 Å². The van der Waals surface area contributed by atoms with Crippen molar-refractivity contribution in [1.82, 2.24) is 0 Å². The van der Waals surface area contributed by atoms with Crippen LogP contribution in [-0.2, 0) is 16.0 Å². The lowest BCUT2D eigenvalue weighted by atomic mass is 9.66. The molecule has 0 amide bonds. The molecule has 11 heteroatoms. The number of methoxy groups -OCH3 is 1. The number of ketones is 3. The predicted molar refractivity (Wildman–Crippen MR) is 140 cm³/mol. The average Bonchev–Trinajstić information content (AvgIpc) is 2.94. The van der Waals surface area contributed by atoms with E-state index in [1.165, 1.54) is 25.3 Å². The van der Waals surface area contributed by atoms with Gasteiger partial charge in [0.1, 0.15) is 29.5 Å². The highest BCUT2D eigenvalue weighted by Crippen LogP contribution is 2.54. The molecule has 1 fully saturated rings. The number of phenols is 2. The Morgan fingerprint density at radius 1 is 1.18 bits per heavy atom. The number of aliphatic hydroxyl groups is 3. The zero-order valence-corrected chi connectivity index (χ0v) is 22.0. The summed E-state index contributed by atoms with van der Waals surface area (Å²) in [6.45, 7) is 4.74. The van der Waals surface area contributed by atoms with E-state index in [0.717, 1.165) is 0 Å². The van der Waals surface area contributed by atoms with Crippen molar-refractivity contribution in [2.24, 2.45) is 5.73 Å². The number of Topliss-reactive ketones (excluding diaryl/α,β-unsaturated/α-hetero) is 1. The smallest absolute Gasteiger partial charge is 0.202 e. The summed E-state index contributed by atoms with van der Waals surface area (Å²) >= 11 is 0. The van der Waals surface area contributed by atoms with E-state index < -0.39 is 88.9 Å². The van der Waals surface area contributed by atoms with Gasteiger partial charge in [0.2, 0.25) is 5.78 Å². The van der Waals surface area contributed by atoms with Crippen LogP contribution in [0.25, 0.3) is 0 Å². The zero-order chi connectivity index (χ0) is 29.3. The van der Waals surface area contributed by atoms with Crippen molar-refractivity contribution < 1.29 is 49.4 Å². The summed E-state index contributed by atoms with van der Waals surface area (Å²) in [5.74, 6) is -4.66. The third-order valence-corrected chi connectivity index (χ3v) is 8.43. The molecule has 7 N–H and O–H groups in total. The fourth-order valence-electron chi connectivity index (χ4n) is 6.25. The van der Waals surface area contributed by atoms with Gasteiger partial charge < -0.3 is 40.7 Å². The Kier molecular flexibility index (Phi) is 6.84. The largest absolute Gasteiger partial charge is 0.507 e. The summed E-state index contributed by atoms with van der Waals surface area (Å²) < 4.78 is 11.2. The van der Waals surface area contributed by atoms with Crippen LogP contribution in [0.1, 0.15) is 68.7 Å². The number of aliphatic hydroxyl groups excluding tert-OH is 2. The number of fused-ring (bicyclic) bond motifs is 3. The SMILES string of the molecule is C=C(C1CC(N)C(O)C(C)O1)[C@H]1C[C@](O)(C(=O)CO)Cc2c(O)c3c(c(O)c21)C(=O)c1c(OC)cccc1C3=O. The van der Waals surface area contributed by atoms with Gasteiger partial charge in [0, 0.05) is 35.1 Å². The number of hydrogen-bond acceptors (Lipinski definition) is 11. The molecule has 0 saturated carbocycles. The minimum atomic E-state index is -2.20. The molecule has 3 aliphatic rings. The third-order valence-electron chi connectivity index (χ3n) is 8.43. The van der Waals surface area contributed by atoms with Gasteiger partial charge in [0.25, 0.3) is 0 Å². The van der Waals surface area contributed by atoms with Gasteiger partial charge in [-0.2, -0.15) is 0 Å². The molecule has 1 saturated heterocycles. The van der Waals surface area contributed by atoms with E-state index in [1.807, 2.05) is 0 Å². The molecule has 4 unspecified atom stereocenters. The van der Waals surface area contributed by atoms with Crippen molar-refractivity contribution in [3.8, 4) is 17.2 Å². The fourth-order valence-corrected chi connectivity index (χ4v) is 6.25. The van der Waals surface area contributed by atoms with Gasteiger partial charge in [0.05, 0.1) is 42.1 Å². The monoisotopic (exact) mass is 553 g/mol. The van der Waals surface area contributed by atoms with Gasteiger partial charge in [-0.05, 0) is 31.4 Å². The van der Waals surface area contributed by atoms with Gasteiger partial charge in [-0.15, -0.1) is 0 Å². The average molecular weight is 554 g/mol. The molecule has 2 aromatic carbocycles. The number of ether oxygens (including phenoxy) is 2. The van der Waals surface area contributed by atoms with E-state index in [0.29, 0.717) is 0 Å². The standard InChI is InChI=1S/C29H31NO10/c1-11(18-7-16(30)24(33)12(2)40-18)14-8-29(38,19(32)10-31)9-15-20(14)27(36)23-22(26(15)35)25(34)13-5-4-6-17(39-3)21(13)28(23)37/h4-6,12,14,16,18,24,31,33,35-36,38H,1,7-10,30H2,2-3H3/t12?,14-,16?,18?,24?,29-/m1/s1. The second kappa shape index (κ2) is 9.79. The van der Waals surface area contributed by atoms with Gasteiger partial charge in [-0.1, -0.05) is 18.7 Å². The Balaban J connectivity index is 1.73. The molecule has 40 heavy (non-hydrogen) atoms. The Morgan fingerprint density at radius 2 is 1.85 bits per heavy atom. The van der Waals surface area contributed by atoms with Crippen molar-refractivity contribution in [2.75, 3.05) is 13.7 Å². The first-order valence-electron chi connectivity index (χ1n) is 12.9. The van der Waals surface area contributed by atoms with E-state index in [9.17, 15) is 39.9 Å². The molecular weight excluding hydrogens is 522 g/mol. The van der Waals surface area contributed by atoms with Crippen LogP contribution >= 0.6 is 0 Å². The molecule has 1 heterocycles. The van der Waals surface area contributed by atoms with Crippen LogP contribution in [0.4, 0.5) is 0 Å². The molecule has 2 aliphatic carbocycles. The molecule has 0 radical (unpaired) electrons. The van der Waals surface area contributed by atoms with Crippen LogP contribution in [-0.4, -0.2) is 86.6 Å². The summed E-state index contributed by atoms with van der Waals surface area (Å²) in [5.41, 5.74) is 3.06. The van der Waals surface area contributed by atoms with Gasteiger partial charge >= 0.3 is 0 Å². The second-order valence-corrected chi connectivity index (χ2v) is 10.7. The predicted octanol–water partition coefficient (Wildman–Crippen LogP) is 0.626.